The molecule has 1 aliphatic heterocycles. The van der Waals surface area contributed by atoms with Crippen LogP contribution in [0.5, 0.6) is 0 Å². The van der Waals surface area contributed by atoms with E-state index in [1.165, 1.54) is 65.7 Å². The van der Waals surface area contributed by atoms with Gasteiger partial charge in [0.25, 0.3) is 0 Å². The molecular formula is C38H32Cl2SiZr. The summed E-state index contributed by atoms with van der Waals surface area (Å²) < 4.78 is 0. The van der Waals surface area contributed by atoms with Gasteiger partial charge in [-0.05, 0) is 34.6 Å². The first-order valence-electron chi connectivity index (χ1n) is 14.3. The first-order valence-corrected chi connectivity index (χ1v) is 21.6. The van der Waals surface area contributed by atoms with Crippen molar-refractivity contribution in [3.8, 4) is 33.4 Å². The molecule has 1 aliphatic rings. The second-order valence-electron chi connectivity index (χ2n) is 10.5. The predicted molar refractivity (Wildman–Crippen MR) is 181 cm³/mol. The summed E-state index contributed by atoms with van der Waals surface area (Å²) in [5.41, 5.74) is 10.9. The standard InChI is InChI=1S/C26H25.C12H7Si.2ClH.Zr/c1-4-19-10-8-9-13-23(19)26-24(20-11-6-5-7-12-20)15-14-21-16-22(18(2)3)17-25(21)26;1-3-7-11-9(5-1)10-6-2-4-8-12(10)13-11;;;/h5-18H,4H2,1-3H3;1-7H;2*1H;/q2*-1;;;+4/p-2. The van der Waals surface area contributed by atoms with Gasteiger partial charge in [0.05, 0.1) is 9.52 Å². The fourth-order valence-corrected chi connectivity index (χ4v) is 6.90. The Morgan fingerprint density at radius 3 is 2.17 bits per heavy atom. The molecule has 0 atom stereocenters. The molecule has 0 amide bonds. The molecule has 206 valence electrons. The third kappa shape index (κ3) is 6.79. The van der Waals surface area contributed by atoms with Gasteiger partial charge in [-0.1, -0.05) is 122 Å². The van der Waals surface area contributed by atoms with Crippen molar-refractivity contribution >= 4 is 47.7 Å². The molecule has 42 heavy (non-hydrogen) atoms. The molecule has 1 heterocycles. The topological polar surface area (TPSA) is 0 Å². The van der Waals surface area contributed by atoms with E-state index in [1.807, 2.05) is 6.07 Å². The fraction of sp³-hybridized carbons (Fsp3) is 0.132. The normalized spacial score (nSPS) is 11.1. The van der Waals surface area contributed by atoms with Gasteiger partial charge < -0.3 is 0 Å². The predicted octanol–water partition coefficient (Wildman–Crippen LogP) is 10.1. The molecule has 0 aliphatic carbocycles. The molecule has 0 saturated heterocycles. The smallest absolute Gasteiger partial charge is 0.0920 e. The molecular weight excluding hydrogens is 647 g/mol. The third-order valence-corrected chi connectivity index (χ3v) is 9.03. The number of hydrogen-bond acceptors (Lipinski definition) is 0. The molecule has 0 spiro atoms. The van der Waals surface area contributed by atoms with Gasteiger partial charge in [0.15, 0.2) is 0 Å². The van der Waals surface area contributed by atoms with Gasteiger partial charge in [-0.15, -0.1) is 34.0 Å². The van der Waals surface area contributed by atoms with Crippen LogP contribution in [0, 0.1) is 6.07 Å². The Hall–Kier alpha value is -2.61. The molecule has 0 saturated carbocycles. The monoisotopic (exact) mass is 676 g/mol. The molecule has 7 rings (SSSR count). The number of hydrogen-bond donors (Lipinski definition) is 0. The molecule has 4 heteroatoms. The zero-order valence-electron chi connectivity index (χ0n) is 24.1. The summed E-state index contributed by atoms with van der Waals surface area (Å²) in [7, 11) is 10.7. The Labute approximate surface area is 271 Å². The Kier molecular flexibility index (Phi) is 10.8. The molecule has 0 nitrogen and oxygen atoms in total. The van der Waals surface area contributed by atoms with E-state index in [9.17, 15) is 0 Å². The van der Waals surface area contributed by atoms with Crippen LogP contribution < -0.4 is 10.4 Å². The van der Waals surface area contributed by atoms with E-state index >= 15 is 0 Å². The largest absolute Gasteiger partial charge is 0.184 e. The van der Waals surface area contributed by atoms with Crippen LogP contribution in [0.15, 0.2) is 121 Å². The van der Waals surface area contributed by atoms with Crippen LogP contribution in [0.2, 0.25) is 0 Å². The average Bonchev–Trinajstić information content (AvgIpc) is 3.64. The minimum absolute atomic E-state index is 0.539. The zero-order chi connectivity index (χ0) is 29.5. The second kappa shape index (κ2) is 14.7. The first-order chi connectivity index (χ1) is 20.5. The summed E-state index contributed by atoms with van der Waals surface area (Å²) in [5, 5.41) is 5.54. The quantitative estimate of drug-likeness (QED) is 0.128. The minimum atomic E-state index is -0.826. The van der Waals surface area contributed by atoms with Crippen LogP contribution in [-0.2, 0) is 27.3 Å². The van der Waals surface area contributed by atoms with E-state index in [-0.39, 0.29) is 0 Å². The molecule has 2 radical (unpaired) electrons. The van der Waals surface area contributed by atoms with Crippen molar-refractivity contribution in [3.63, 3.8) is 0 Å². The van der Waals surface area contributed by atoms with Gasteiger partial charge in [-0.3, -0.25) is 0 Å². The van der Waals surface area contributed by atoms with E-state index in [1.54, 1.807) is 0 Å². The Bertz CT molecular complexity index is 1730. The Balaban J connectivity index is 0.000000183. The molecule has 0 bridgehead atoms. The Morgan fingerprint density at radius 2 is 1.43 bits per heavy atom. The van der Waals surface area contributed by atoms with Gasteiger partial charge in [-0.2, -0.15) is 35.5 Å². The summed E-state index contributed by atoms with van der Waals surface area (Å²) in [6.45, 7) is 6.78. The summed E-state index contributed by atoms with van der Waals surface area (Å²) >= 11 is -0.826. The number of halogens is 2. The van der Waals surface area contributed by atoms with Crippen molar-refractivity contribution < 1.29 is 20.8 Å². The molecule has 0 N–H and O–H groups in total. The van der Waals surface area contributed by atoms with Crippen molar-refractivity contribution in [3.05, 3.63) is 139 Å². The third-order valence-electron chi connectivity index (χ3n) is 7.66. The molecule has 6 aromatic carbocycles. The van der Waals surface area contributed by atoms with Gasteiger partial charge >= 0.3 is 37.9 Å². The molecule has 0 aromatic heterocycles. The van der Waals surface area contributed by atoms with Crippen molar-refractivity contribution in [1.29, 1.82) is 0 Å². The molecule has 0 fully saturated rings. The maximum Gasteiger partial charge on any atom is 0.0920 e. The maximum absolute atomic E-state index is 4.93. The van der Waals surface area contributed by atoms with Crippen LogP contribution in [0.3, 0.4) is 0 Å². The van der Waals surface area contributed by atoms with Crippen LogP contribution >= 0.6 is 17.0 Å². The van der Waals surface area contributed by atoms with Crippen molar-refractivity contribution in [2.45, 2.75) is 33.1 Å². The van der Waals surface area contributed by atoms with Crippen LogP contribution in [0.25, 0.3) is 44.2 Å². The van der Waals surface area contributed by atoms with Crippen LogP contribution in [0.1, 0.15) is 37.8 Å². The minimum Gasteiger partial charge on any atom is -0.184 e. The summed E-state index contributed by atoms with van der Waals surface area (Å²) in [4.78, 5) is 0. The van der Waals surface area contributed by atoms with Crippen LogP contribution in [0.4, 0.5) is 0 Å². The number of benzene rings is 5. The van der Waals surface area contributed by atoms with E-state index in [4.69, 9.17) is 17.0 Å². The van der Waals surface area contributed by atoms with Crippen molar-refractivity contribution in [2.75, 3.05) is 0 Å². The average molecular weight is 679 g/mol. The number of fused-ring (bicyclic) bond motifs is 4. The molecule has 0 unspecified atom stereocenters. The second-order valence-corrected chi connectivity index (χ2v) is 15.5. The van der Waals surface area contributed by atoms with E-state index in [2.05, 4.69) is 142 Å². The summed E-state index contributed by atoms with van der Waals surface area (Å²) in [6.07, 6.45) is 1.04. The van der Waals surface area contributed by atoms with E-state index < -0.39 is 20.8 Å². The summed E-state index contributed by atoms with van der Waals surface area (Å²) in [6, 6.07) is 47.1. The van der Waals surface area contributed by atoms with Crippen LogP contribution in [-0.4, -0.2) is 9.52 Å². The van der Waals surface area contributed by atoms with Gasteiger partial charge in [0.1, 0.15) is 0 Å². The van der Waals surface area contributed by atoms with E-state index in [0.717, 1.165) is 15.9 Å². The summed E-state index contributed by atoms with van der Waals surface area (Å²) in [5.74, 6) is 0.539. The van der Waals surface area contributed by atoms with E-state index in [0.29, 0.717) is 5.92 Å². The first kappa shape index (κ1) is 30.8. The maximum atomic E-state index is 4.93. The SMILES string of the molecule is CCc1ccccc1-c1c(-c2ccccc2)ccc2[cH-]c(C(C)C)cc12.[Cl][Zr+2][Cl].[c-]1cccc2c1[Si]c1ccccc1-2. The van der Waals surface area contributed by atoms with Crippen molar-refractivity contribution in [1.82, 2.24) is 0 Å². The van der Waals surface area contributed by atoms with Gasteiger partial charge in [0.2, 0.25) is 0 Å². The van der Waals surface area contributed by atoms with Crippen molar-refractivity contribution in [2.24, 2.45) is 0 Å². The zero-order valence-corrected chi connectivity index (χ0v) is 29.1. The molecule has 6 aromatic rings. The number of rotatable bonds is 4. The van der Waals surface area contributed by atoms with Gasteiger partial charge in [-0.25, -0.2) is 0 Å². The fourth-order valence-electron chi connectivity index (χ4n) is 5.59. The number of aryl methyl sites for hydroxylation is 1. The Morgan fingerprint density at radius 1 is 0.762 bits per heavy atom. The van der Waals surface area contributed by atoms with Gasteiger partial charge in [0, 0.05) is 0 Å².